The topological polar surface area (TPSA) is 39.7 Å². The van der Waals surface area contributed by atoms with Crippen molar-refractivity contribution >= 4 is 17.6 Å². The van der Waals surface area contributed by atoms with E-state index in [1.807, 2.05) is 24.3 Å². The Kier molecular flexibility index (Phi) is 5.68. The smallest absolute Gasteiger partial charge is 0.191 e. The molecule has 2 N–H and O–H groups in total. The predicted octanol–water partition coefficient (Wildman–Crippen LogP) is 1.96. The first-order valence-corrected chi connectivity index (χ1v) is 7.43. The molecule has 1 aromatic rings. The molecule has 0 spiro atoms. The molecule has 0 aliphatic carbocycles. The Morgan fingerprint density at radius 3 is 2.85 bits per heavy atom. The Bertz CT molecular complexity index is 461. The van der Waals surface area contributed by atoms with Gasteiger partial charge >= 0.3 is 0 Å². The summed E-state index contributed by atoms with van der Waals surface area (Å²) in [5.74, 6) is 1.54. The molecule has 1 fully saturated rings. The molecule has 1 aromatic carbocycles. The number of hydrogen-bond donors (Lipinski definition) is 2. The van der Waals surface area contributed by atoms with Gasteiger partial charge in [-0.25, -0.2) is 0 Å². The van der Waals surface area contributed by atoms with Crippen molar-refractivity contribution in [2.45, 2.75) is 13.0 Å². The van der Waals surface area contributed by atoms with Crippen molar-refractivity contribution in [2.75, 3.05) is 33.7 Å². The number of nitrogens with one attached hydrogen (secondary N) is 2. The summed E-state index contributed by atoms with van der Waals surface area (Å²) in [6.45, 7) is 4.00. The molecule has 20 heavy (non-hydrogen) atoms. The summed E-state index contributed by atoms with van der Waals surface area (Å²) in [6.07, 6.45) is 1.25. The number of likely N-dealkylation sites (tertiary alicyclic amines) is 1. The van der Waals surface area contributed by atoms with Gasteiger partial charge in [-0.15, -0.1) is 0 Å². The summed E-state index contributed by atoms with van der Waals surface area (Å²) in [5, 5.41) is 7.48. The summed E-state index contributed by atoms with van der Waals surface area (Å²) in [5.41, 5.74) is 1.08. The van der Waals surface area contributed by atoms with Crippen LogP contribution in [0, 0.1) is 5.92 Å². The number of rotatable bonds is 4. The van der Waals surface area contributed by atoms with Crippen LogP contribution in [0.4, 0.5) is 0 Å². The van der Waals surface area contributed by atoms with Crippen LogP contribution >= 0.6 is 11.6 Å². The number of nitrogens with zero attached hydrogens (tertiary/aromatic N) is 2. The van der Waals surface area contributed by atoms with Gasteiger partial charge in [0.25, 0.3) is 0 Å². The van der Waals surface area contributed by atoms with E-state index in [1.165, 1.54) is 13.0 Å². The van der Waals surface area contributed by atoms with Crippen LogP contribution in [0.25, 0.3) is 0 Å². The molecule has 4 nitrogen and oxygen atoms in total. The predicted molar refractivity (Wildman–Crippen MR) is 85.3 cm³/mol. The standard InChI is InChI=1S/C15H23ClN4/c1-17-15(18-9-12-7-8-20(2)11-12)19-10-13-5-3-4-6-14(13)16/h3-6,12H,7-11H2,1-2H3,(H2,17,18,19). The van der Waals surface area contributed by atoms with Crippen molar-refractivity contribution in [3.8, 4) is 0 Å². The molecule has 5 heteroatoms. The second kappa shape index (κ2) is 7.50. The first-order valence-electron chi connectivity index (χ1n) is 7.05. The minimum absolute atomic E-state index is 0.684. The molecule has 1 atom stereocenters. The monoisotopic (exact) mass is 294 g/mol. The van der Waals surface area contributed by atoms with E-state index in [0.717, 1.165) is 29.6 Å². The third-order valence-electron chi connectivity index (χ3n) is 3.67. The molecule has 110 valence electrons. The highest BCUT2D eigenvalue weighted by Gasteiger charge is 2.19. The van der Waals surface area contributed by atoms with Gasteiger partial charge < -0.3 is 15.5 Å². The SMILES string of the molecule is CN=C(NCc1ccccc1Cl)NCC1CCN(C)C1. The van der Waals surface area contributed by atoms with Gasteiger partial charge in [0.2, 0.25) is 0 Å². The fourth-order valence-corrected chi connectivity index (χ4v) is 2.68. The minimum Gasteiger partial charge on any atom is -0.356 e. The van der Waals surface area contributed by atoms with E-state index < -0.39 is 0 Å². The van der Waals surface area contributed by atoms with Crippen LogP contribution < -0.4 is 10.6 Å². The lowest BCUT2D eigenvalue weighted by Gasteiger charge is -2.15. The summed E-state index contributed by atoms with van der Waals surface area (Å²) in [6, 6.07) is 7.86. The number of halogens is 1. The normalized spacial score (nSPS) is 20.1. The van der Waals surface area contributed by atoms with Crippen molar-refractivity contribution in [1.29, 1.82) is 0 Å². The molecule has 0 aromatic heterocycles. The largest absolute Gasteiger partial charge is 0.356 e. The number of aliphatic imine (C=N–C) groups is 1. The Morgan fingerprint density at radius 1 is 1.40 bits per heavy atom. The lowest BCUT2D eigenvalue weighted by Crippen LogP contribution is -2.39. The van der Waals surface area contributed by atoms with Crippen LogP contribution in [0.15, 0.2) is 29.3 Å². The summed E-state index contributed by atoms with van der Waals surface area (Å²) in [7, 11) is 3.97. The zero-order valence-corrected chi connectivity index (χ0v) is 13.0. The van der Waals surface area contributed by atoms with E-state index in [0.29, 0.717) is 12.5 Å². The molecular weight excluding hydrogens is 272 g/mol. The number of guanidine groups is 1. The highest BCUT2D eigenvalue weighted by molar-refractivity contribution is 6.31. The van der Waals surface area contributed by atoms with Gasteiger partial charge in [-0.05, 0) is 37.6 Å². The highest BCUT2D eigenvalue weighted by atomic mass is 35.5. The summed E-state index contributed by atoms with van der Waals surface area (Å²) < 4.78 is 0. The van der Waals surface area contributed by atoms with E-state index >= 15 is 0 Å². The molecule has 1 saturated heterocycles. The zero-order valence-electron chi connectivity index (χ0n) is 12.2. The fraction of sp³-hybridized carbons (Fsp3) is 0.533. The summed E-state index contributed by atoms with van der Waals surface area (Å²) >= 11 is 6.14. The molecule has 1 aliphatic heterocycles. The van der Waals surface area contributed by atoms with E-state index in [1.54, 1.807) is 7.05 Å². The average molecular weight is 295 g/mol. The van der Waals surface area contributed by atoms with E-state index in [4.69, 9.17) is 11.6 Å². The van der Waals surface area contributed by atoms with Gasteiger partial charge in [-0.3, -0.25) is 4.99 Å². The maximum Gasteiger partial charge on any atom is 0.191 e. The lowest BCUT2D eigenvalue weighted by atomic mass is 10.1. The van der Waals surface area contributed by atoms with Crippen LogP contribution in [0.3, 0.4) is 0 Å². The third-order valence-corrected chi connectivity index (χ3v) is 4.04. The minimum atomic E-state index is 0.684. The zero-order chi connectivity index (χ0) is 14.4. The van der Waals surface area contributed by atoms with Crippen molar-refractivity contribution in [1.82, 2.24) is 15.5 Å². The third kappa shape index (κ3) is 4.39. The Morgan fingerprint density at radius 2 is 2.20 bits per heavy atom. The Labute approximate surface area is 126 Å². The molecule has 1 aliphatic rings. The van der Waals surface area contributed by atoms with Crippen LogP contribution in [-0.2, 0) is 6.54 Å². The van der Waals surface area contributed by atoms with E-state index in [9.17, 15) is 0 Å². The lowest BCUT2D eigenvalue weighted by molar-refractivity contribution is 0.394. The van der Waals surface area contributed by atoms with Crippen molar-refractivity contribution in [2.24, 2.45) is 10.9 Å². The van der Waals surface area contributed by atoms with Gasteiger partial charge in [-0.2, -0.15) is 0 Å². The maximum atomic E-state index is 6.14. The van der Waals surface area contributed by atoms with Crippen molar-refractivity contribution < 1.29 is 0 Å². The summed E-state index contributed by atoms with van der Waals surface area (Å²) in [4.78, 5) is 6.62. The van der Waals surface area contributed by atoms with Gasteiger partial charge in [-0.1, -0.05) is 29.8 Å². The molecular formula is C15H23ClN4. The quantitative estimate of drug-likeness (QED) is 0.659. The molecule has 1 heterocycles. The molecule has 0 bridgehead atoms. The maximum absolute atomic E-state index is 6.14. The Balaban J connectivity index is 1.77. The first kappa shape index (κ1) is 15.1. The van der Waals surface area contributed by atoms with Crippen LogP contribution in [-0.4, -0.2) is 44.6 Å². The number of hydrogen-bond acceptors (Lipinski definition) is 2. The van der Waals surface area contributed by atoms with Gasteiger partial charge in [0, 0.05) is 31.7 Å². The Hall–Kier alpha value is -1.26. The van der Waals surface area contributed by atoms with Crippen LogP contribution in [0.2, 0.25) is 5.02 Å². The van der Waals surface area contributed by atoms with E-state index in [2.05, 4.69) is 27.6 Å². The molecule has 1 unspecified atom stereocenters. The van der Waals surface area contributed by atoms with Crippen molar-refractivity contribution in [3.63, 3.8) is 0 Å². The average Bonchev–Trinajstić information content (AvgIpc) is 2.86. The molecule has 0 radical (unpaired) electrons. The van der Waals surface area contributed by atoms with E-state index in [-0.39, 0.29) is 0 Å². The number of benzene rings is 1. The highest BCUT2D eigenvalue weighted by Crippen LogP contribution is 2.14. The fourth-order valence-electron chi connectivity index (χ4n) is 2.48. The van der Waals surface area contributed by atoms with Crippen LogP contribution in [0.5, 0.6) is 0 Å². The molecule has 2 rings (SSSR count). The first-order chi connectivity index (χ1) is 9.69. The second-order valence-electron chi connectivity index (χ2n) is 5.32. The van der Waals surface area contributed by atoms with Crippen LogP contribution in [0.1, 0.15) is 12.0 Å². The van der Waals surface area contributed by atoms with Gasteiger partial charge in [0.1, 0.15) is 0 Å². The molecule has 0 saturated carbocycles. The second-order valence-corrected chi connectivity index (χ2v) is 5.72. The van der Waals surface area contributed by atoms with Gasteiger partial charge in [0.05, 0.1) is 0 Å². The van der Waals surface area contributed by atoms with Crippen molar-refractivity contribution in [3.05, 3.63) is 34.9 Å². The molecule has 0 amide bonds. The van der Waals surface area contributed by atoms with Gasteiger partial charge in [0.15, 0.2) is 5.96 Å².